The molecule has 1 unspecified atom stereocenters. The normalized spacial score (nSPS) is 19.6. The average molecular weight is 237 g/mol. The minimum absolute atomic E-state index is 0.269. The van der Waals surface area contributed by atoms with Crippen LogP contribution in [0.5, 0.6) is 5.75 Å². The molecule has 2 rings (SSSR count). The van der Waals surface area contributed by atoms with Crippen LogP contribution in [-0.2, 0) is 6.42 Å². The van der Waals surface area contributed by atoms with Crippen molar-refractivity contribution in [3.63, 3.8) is 0 Å². The minimum Gasteiger partial charge on any atom is -0.497 e. The lowest BCUT2D eigenvalue weighted by Crippen LogP contribution is -1.88. The Hall–Kier alpha value is -0.950. The predicted molar refractivity (Wildman–Crippen MR) is 68.3 cm³/mol. The Morgan fingerprint density at radius 3 is 2.56 bits per heavy atom. The number of rotatable bonds is 4. The molecule has 1 aromatic carbocycles. The number of allylic oxidation sites excluding steroid dienone is 2. The molecule has 0 fully saturated rings. The van der Waals surface area contributed by atoms with Crippen LogP contribution in [0.3, 0.4) is 0 Å². The molecule has 0 amide bonds. The van der Waals surface area contributed by atoms with Crippen LogP contribution in [0.2, 0.25) is 0 Å². The van der Waals surface area contributed by atoms with E-state index in [0.717, 1.165) is 25.0 Å². The fraction of sp³-hybridized carbons (Fsp3) is 0.429. The third-order valence-corrected chi connectivity index (χ3v) is 3.40. The van der Waals surface area contributed by atoms with Crippen LogP contribution < -0.4 is 4.74 Å². The summed E-state index contributed by atoms with van der Waals surface area (Å²) in [7, 11) is 1.69. The summed E-state index contributed by atoms with van der Waals surface area (Å²) in [4.78, 5) is 0. The summed E-state index contributed by atoms with van der Waals surface area (Å²) in [6.45, 7) is 0. The van der Waals surface area contributed by atoms with Crippen LogP contribution in [0.4, 0.5) is 0 Å². The van der Waals surface area contributed by atoms with Crippen molar-refractivity contribution < 1.29 is 4.74 Å². The molecule has 0 aliphatic heterocycles. The number of benzene rings is 1. The SMILES string of the molecule is COc1ccc(CCC2=CC(Cl)CC2)cc1. The van der Waals surface area contributed by atoms with E-state index in [4.69, 9.17) is 16.3 Å². The maximum absolute atomic E-state index is 6.04. The van der Waals surface area contributed by atoms with Gasteiger partial charge in [0.2, 0.25) is 0 Å². The molecule has 16 heavy (non-hydrogen) atoms. The molecule has 1 atom stereocenters. The van der Waals surface area contributed by atoms with E-state index in [0.29, 0.717) is 0 Å². The van der Waals surface area contributed by atoms with Gasteiger partial charge in [-0.3, -0.25) is 0 Å². The van der Waals surface area contributed by atoms with Crippen molar-refractivity contribution in [2.75, 3.05) is 7.11 Å². The molecule has 0 radical (unpaired) electrons. The number of halogens is 1. The summed E-state index contributed by atoms with van der Waals surface area (Å²) in [5, 5.41) is 0.269. The van der Waals surface area contributed by atoms with Crippen molar-refractivity contribution in [3.8, 4) is 5.75 Å². The first kappa shape index (κ1) is 11.5. The quantitative estimate of drug-likeness (QED) is 0.568. The van der Waals surface area contributed by atoms with Gasteiger partial charge in [-0.25, -0.2) is 0 Å². The molecule has 86 valence electrons. The highest BCUT2D eigenvalue weighted by molar-refractivity contribution is 6.22. The smallest absolute Gasteiger partial charge is 0.118 e. The van der Waals surface area contributed by atoms with Crippen LogP contribution in [0.1, 0.15) is 24.8 Å². The second kappa shape index (κ2) is 5.40. The molecule has 1 aromatic rings. The molecule has 0 N–H and O–H groups in total. The Kier molecular flexibility index (Phi) is 3.89. The van der Waals surface area contributed by atoms with E-state index in [2.05, 4.69) is 18.2 Å². The highest BCUT2D eigenvalue weighted by Gasteiger charge is 2.12. The molecule has 0 bridgehead atoms. The van der Waals surface area contributed by atoms with Gasteiger partial charge in [-0.2, -0.15) is 0 Å². The van der Waals surface area contributed by atoms with E-state index in [1.54, 1.807) is 7.11 Å². The largest absolute Gasteiger partial charge is 0.497 e. The standard InChI is InChI=1S/C14H17ClO/c1-16-14-8-5-11(6-9-14)2-3-12-4-7-13(15)10-12/h5-6,8-10,13H,2-4,7H2,1H3. The van der Waals surface area contributed by atoms with Crippen molar-refractivity contribution in [1.82, 2.24) is 0 Å². The Morgan fingerprint density at radius 2 is 2.00 bits per heavy atom. The van der Waals surface area contributed by atoms with Crippen molar-refractivity contribution in [3.05, 3.63) is 41.5 Å². The molecular weight excluding hydrogens is 220 g/mol. The third-order valence-electron chi connectivity index (χ3n) is 3.05. The molecule has 1 aliphatic carbocycles. The highest BCUT2D eigenvalue weighted by atomic mass is 35.5. The maximum Gasteiger partial charge on any atom is 0.118 e. The lowest BCUT2D eigenvalue weighted by atomic mass is 10.0. The summed E-state index contributed by atoms with van der Waals surface area (Å²) in [5.74, 6) is 0.921. The number of hydrogen-bond donors (Lipinski definition) is 0. The predicted octanol–water partition coefficient (Wildman–Crippen LogP) is 3.96. The molecule has 1 aliphatic rings. The lowest BCUT2D eigenvalue weighted by molar-refractivity contribution is 0.414. The summed E-state index contributed by atoms with van der Waals surface area (Å²) >= 11 is 6.04. The van der Waals surface area contributed by atoms with Gasteiger partial charge in [0.15, 0.2) is 0 Å². The van der Waals surface area contributed by atoms with E-state index in [9.17, 15) is 0 Å². The van der Waals surface area contributed by atoms with Gasteiger partial charge < -0.3 is 4.74 Å². The van der Waals surface area contributed by atoms with Crippen LogP contribution in [-0.4, -0.2) is 12.5 Å². The Bertz CT molecular complexity index is 367. The van der Waals surface area contributed by atoms with Crippen molar-refractivity contribution in [2.45, 2.75) is 31.1 Å². The van der Waals surface area contributed by atoms with Gasteiger partial charge in [0, 0.05) is 0 Å². The van der Waals surface area contributed by atoms with E-state index >= 15 is 0 Å². The number of alkyl halides is 1. The molecule has 1 nitrogen and oxygen atoms in total. The number of aryl methyl sites for hydroxylation is 1. The fourth-order valence-electron chi connectivity index (χ4n) is 2.05. The number of hydrogen-bond acceptors (Lipinski definition) is 1. The van der Waals surface area contributed by atoms with Crippen LogP contribution in [0.15, 0.2) is 35.9 Å². The topological polar surface area (TPSA) is 9.23 Å². The maximum atomic E-state index is 6.04. The number of methoxy groups -OCH3 is 1. The molecule has 0 heterocycles. The van der Waals surface area contributed by atoms with E-state index < -0.39 is 0 Å². The molecular formula is C14H17ClO. The monoisotopic (exact) mass is 236 g/mol. The van der Waals surface area contributed by atoms with Gasteiger partial charge >= 0.3 is 0 Å². The molecule has 2 heteroatoms. The zero-order valence-electron chi connectivity index (χ0n) is 9.58. The molecule has 0 aromatic heterocycles. The Labute approximate surface area is 102 Å². The molecule has 0 saturated carbocycles. The Balaban J connectivity index is 1.87. The highest BCUT2D eigenvalue weighted by Crippen LogP contribution is 2.26. The van der Waals surface area contributed by atoms with Gasteiger partial charge in [-0.15, -0.1) is 11.6 Å². The second-order valence-corrected chi connectivity index (χ2v) is 4.79. The van der Waals surface area contributed by atoms with Gasteiger partial charge in [0.05, 0.1) is 12.5 Å². The first-order chi connectivity index (χ1) is 7.78. The summed E-state index contributed by atoms with van der Waals surface area (Å²) in [5.41, 5.74) is 2.87. The first-order valence-corrected chi connectivity index (χ1v) is 6.18. The zero-order chi connectivity index (χ0) is 11.4. The lowest BCUT2D eigenvalue weighted by Gasteiger charge is -2.04. The van der Waals surface area contributed by atoms with E-state index in [-0.39, 0.29) is 5.38 Å². The Morgan fingerprint density at radius 1 is 1.25 bits per heavy atom. The van der Waals surface area contributed by atoms with Crippen molar-refractivity contribution in [2.24, 2.45) is 0 Å². The first-order valence-electron chi connectivity index (χ1n) is 5.74. The third kappa shape index (κ3) is 3.02. The van der Waals surface area contributed by atoms with Crippen molar-refractivity contribution >= 4 is 11.6 Å². The van der Waals surface area contributed by atoms with Gasteiger partial charge in [0.25, 0.3) is 0 Å². The van der Waals surface area contributed by atoms with Gasteiger partial charge in [-0.1, -0.05) is 23.8 Å². The molecule has 0 saturated heterocycles. The van der Waals surface area contributed by atoms with Crippen molar-refractivity contribution in [1.29, 1.82) is 0 Å². The number of ether oxygens (including phenoxy) is 1. The average Bonchev–Trinajstić information content (AvgIpc) is 2.73. The van der Waals surface area contributed by atoms with E-state index in [1.807, 2.05) is 12.1 Å². The molecule has 0 spiro atoms. The second-order valence-electron chi connectivity index (χ2n) is 4.23. The minimum atomic E-state index is 0.269. The van der Waals surface area contributed by atoms with Gasteiger partial charge in [0.1, 0.15) is 5.75 Å². The zero-order valence-corrected chi connectivity index (χ0v) is 10.3. The van der Waals surface area contributed by atoms with Crippen LogP contribution >= 0.6 is 11.6 Å². The van der Waals surface area contributed by atoms with Crippen LogP contribution in [0.25, 0.3) is 0 Å². The van der Waals surface area contributed by atoms with Gasteiger partial charge in [-0.05, 0) is 43.4 Å². The van der Waals surface area contributed by atoms with E-state index in [1.165, 1.54) is 17.6 Å². The summed E-state index contributed by atoms with van der Waals surface area (Å²) in [6, 6.07) is 8.30. The summed E-state index contributed by atoms with van der Waals surface area (Å²) < 4.78 is 5.13. The van der Waals surface area contributed by atoms with Crippen LogP contribution in [0, 0.1) is 0 Å². The fourth-order valence-corrected chi connectivity index (χ4v) is 2.34. The summed E-state index contributed by atoms with van der Waals surface area (Å²) in [6.07, 6.45) is 6.73.